The number of fused-ring (bicyclic) bond motifs is 1. The van der Waals surface area contributed by atoms with E-state index in [1.807, 2.05) is 18.2 Å². The maximum atomic E-state index is 4.58. The number of nitrogens with one attached hydrogen (secondary N) is 3. The lowest BCUT2D eigenvalue weighted by Crippen LogP contribution is -2.39. The summed E-state index contributed by atoms with van der Waals surface area (Å²) in [6.45, 7) is 6.18. The Morgan fingerprint density at radius 1 is 1.29 bits per heavy atom. The summed E-state index contributed by atoms with van der Waals surface area (Å²) in [6.07, 6.45) is 1.95. The van der Waals surface area contributed by atoms with E-state index in [1.165, 1.54) is 0 Å². The molecule has 0 amide bonds. The molecule has 0 radical (unpaired) electrons. The van der Waals surface area contributed by atoms with Crippen LogP contribution < -0.4 is 10.6 Å². The minimum atomic E-state index is 0.610. The molecule has 1 heterocycles. The predicted molar refractivity (Wildman–Crippen MR) is 88.6 cm³/mol. The third-order valence-corrected chi connectivity index (χ3v) is 3.22. The van der Waals surface area contributed by atoms with E-state index in [0.717, 1.165) is 48.7 Å². The van der Waals surface area contributed by atoms with Gasteiger partial charge in [-0.1, -0.05) is 26.0 Å². The SMILES string of the molecule is CN=C(NCCCc1nc2ccccc2[nH]1)NCC(C)C. The Morgan fingerprint density at radius 2 is 2.10 bits per heavy atom. The van der Waals surface area contributed by atoms with E-state index in [0.29, 0.717) is 5.92 Å². The van der Waals surface area contributed by atoms with Gasteiger partial charge in [0.25, 0.3) is 0 Å². The van der Waals surface area contributed by atoms with E-state index < -0.39 is 0 Å². The Labute approximate surface area is 126 Å². The van der Waals surface area contributed by atoms with E-state index in [4.69, 9.17) is 0 Å². The van der Waals surface area contributed by atoms with E-state index in [9.17, 15) is 0 Å². The van der Waals surface area contributed by atoms with Crippen LogP contribution in [-0.4, -0.2) is 36.1 Å². The first-order valence-corrected chi connectivity index (χ1v) is 7.57. The number of nitrogens with zero attached hydrogens (tertiary/aromatic N) is 2. The molecule has 0 atom stereocenters. The Hall–Kier alpha value is -2.04. The van der Waals surface area contributed by atoms with Crippen molar-refractivity contribution in [2.24, 2.45) is 10.9 Å². The van der Waals surface area contributed by atoms with E-state index in [1.54, 1.807) is 7.05 Å². The molecule has 0 saturated carbocycles. The first-order chi connectivity index (χ1) is 10.2. The molecular weight excluding hydrogens is 262 g/mol. The fourth-order valence-electron chi connectivity index (χ4n) is 2.11. The number of aliphatic imine (C=N–C) groups is 1. The van der Waals surface area contributed by atoms with Gasteiger partial charge in [0.05, 0.1) is 11.0 Å². The van der Waals surface area contributed by atoms with Crippen molar-refractivity contribution in [3.63, 3.8) is 0 Å². The van der Waals surface area contributed by atoms with Crippen molar-refractivity contribution in [1.29, 1.82) is 0 Å². The average Bonchev–Trinajstić information content (AvgIpc) is 2.89. The van der Waals surface area contributed by atoms with Crippen molar-refractivity contribution < 1.29 is 0 Å². The van der Waals surface area contributed by atoms with Gasteiger partial charge in [-0.25, -0.2) is 4.98 Å². The number of aromatic nitrogens is 2. The molecule has 5 heteroatoms. The maximum Gasteiger partial charge on any atom is 0.190 e. The van der Waals surface area contributed by atoms with Crippen molar-refractivity contribution in [3.05, 3.63) is 30.1 Å². The third kappa shape index (κ3) is 4.77. The van der Waals surface area contributed by atoms with Crippen molar-refractivity contribution >= 4 is 17.0 Å². The Balaban J connectivity index is 1.73. The van der Waals surface area contributed by atoms with Gasteiger partial charge in [-0.3, -0.25) is 4.99 Å². The summed E-state index contributed by atoms with van der Waals surface area (Å²) in [5.74, 6) is 2.52. The lowest BCUT2D eigenvalue weighted by molar-refractivity contribution is 0.612. The molecule has 2 rings (SSSR count). The number of guanidine groups is 1. The summed E-state index contributed by atoms with van der Waals surface area (Å²) in [7, 11) is 1.80. The molecule has 2 aromatic rings. The average molecular weight is 287 g/mol. The van der Waals surface area contributed by atoms with Crippen LogP contribution in [-0.2, 0) is 6.42 Å². The number of rotatable bonds is 6. The number of benzene rings is 1. The number of imidazole rings is 1. The molecule has 21 heavy (non-hydrogen) atoms. The summed E-state index contributed by atoms with van der Waals surface area (Å²) in [5.41, 5.74) is 2.14. The molecular formula is C16H25N5. The standard InChI is InChI=1S/C16H25N5/c1-12(2)11-19-16(17-3)18-10-6-9-15-20-13-7-4-5-8-14(13)21-15/h4-5,7-8,12H,6,9-11H2,1-3H3,(H,20,21)(H2,17,18,19). The molecule has 0 aliphatic heterocycles. The highest BCUT2D eigenvalue weighted by Gasteiger charge is 2.02. The minimum Gasteiger partial charge on any atom is -0.356 e. The Bertz CT molecular complexity index is 552. The Morgan fingerprint density at radius 3 is 2.81 bits per heavy atom. The van der Waals surface area contributed by atoms with Gasteiger partial charge >= 0.3 is 0 Å². The number of para-hydroxylation sites is 2. The quantitative estimate of drug-likeness (QED) is 0.434. The monoisotopic (exact) mass is 287 g/mol. The Kier molecular flexibility index (Phi) is 5.60. The van der Waals surface area contributed by atoms with Crippen LogP contribution in [0.1, 0.15) is 26.1 Å². The van der Waals surface area contributed by atoms with E-state index >= 15 is 0 Å². The van der Waals surface area contributed by atoms with Gasteiger partial charge in [0.1, 0.15) is 5.82 Å². The molecule has 0 aliphatic carbocycles. The largest absolute Gasteiger partial charge is 0.356 e. The van der Waals surface area contributed by atoms with Crippen LogP contribution in [0.4, 0.5) is 0 Å². The van der Waals surface area contributed by atoms with E-state index in [-0.39, 0.29) is 0 Å². The van der Waals surface area contributed by atoms with Gasteiger partial charge in [0, 0.05) is 26.6 Å². The summed E-state index contributed by atoms with van der Waals surface area (Å²) < 4.78 is 0. The highest BCUT2D eigenvalue weighted by molar-refractivity contribution is 5.79. The smallest absolute Gasteiger partial charge is 0.190 e. The number of aromatic amines is 1. The fourth-order valence-corrected chi connectivity index (χ4v) is 2.11. The van der Waals surface area contributed by atoms with E-state index in [2.05, 4.69) is 45.5 Å². The van der Waals surface area contributed by atoms with Gasteiger partial charge in [0.15, 0.2) is 5.96 Å². The van der Waals surface area contributed by atoms with Crippen molar-refractivity contribution in [2.45, 2.75) is 26.7 Å². The molecule has 0 spiro atoms. The molecule has 1 aromatic carbocycles. The number of hydrogen-bond donors (Lipinski definition) is 3. The predicted octanol–water partition coefficient (Wildman–Crippen LogP) is 2.32. The second-order valence-corrected chi connectivity index (χ2v) is 5.58. The highest BCUT2D eigenvalue weighted by Crippen LogP contribution is 2.10. The highest BCUT2D eigenvalue weighted by atomic mass is 15.2. The molecule has 5 nitrogen and oxygen atoms in total. The molecule has 0 saturated heterocycles. The van der Waals surface area contributed by atoms with Crippen LogP contribution in [0.15, 0.2) is 29.3 Å². The molecule has 0 fully saturated rings. The van der Waals surface area contributed by atoms with Crippen LogP contribution in [0, 0.1) is 5.92 Å². The van der Waals surface area contributed by atoms with Crippen LogP contribution in [0.5, 0.6) is 0 Å². The van der Waals surface area contributed by atoms with Gasteiger partial charge in [0.2, 0.25) is 0 Å². The summed E-state index contributed by atoms with van der Waals surface area (Å²) >= 11 is 0. The number of aryl methyl sites for hydroxylation is 1. The fraction of sp³-hybridized carbons (Fsp3) is 0.500. The van der Waals surface area contributed by atoms with Crippen LogP contribution in [0.3, 0.4) is 0 Å². The topological polar surface area (TPSA) is 65.1 Å². The zero-order valence-electron chi connectivity index (χ0n) is 13.1. The van der Waals surface area contributed by atoms with Crippen LogP contribution in [0.2, 0.25) is 0 Å². The summed E-state index contributed by atoms with van der Waals surface area (Å²) in [4.78, 5) is 12.1. The normalized spacial score (nSPS) is 12.1. The maximum absolute atomic E-state index is 4.58. The number of hydrogen-bond acceptors (Lipinski definition) is 2. The zero-order chi connectivity index (χ0) is 15.1. The molecule has 0 bridgehead atoms. The lowest BCUT2D eigenvalue weighted by atomic mass is 10.2. The molecule has 3 N–H and O–H groups in total. The van der Waals surface area contributed by atoms with Gasteiger partial charge in [-0.05, 0) is 24.5 Å². The van der Waals surface area contributed by atoms with Gasteiger partial charge in [-0.2, -0.15) is 0 Å². The lowest BCUT2D eigenvalue weighted by Gasteiger charge is -2.13. The second kappa shape index (κ2) is 7.67. The van der Waals surface area contributed by atoms with Gasteiger partial charge < -0.3 is 15.6 Å². The molecule has 0 unspecified atom stereocenters. The van der Waals surface area contributed by atoms with Crippen LogP contribution >= 0.6 is 0 Å². The zero-order valence-corrected chi connectivity index (χ0v) is 13.1. The first-order valence-electron chi connectivity index (χ1n) is 7.57. The number of H-pyrrole nitrogens is 1. The van der Waals surface area contributed by atoms with Gasteiger partial charge in [-0.15, -0.1) is 0 Å². The van der Waals surface area contributed by atoms with Crippen molar-refractivity contribution in [3.8, 4) is 0 Å². The van der Waals surface area contributed by atoms with Crippen LogP contribution in [0.25, 0.3) is 11.0 Å². The molecule has 0 aliphatic rings. The minimum absolute atomic E-state index is 0.610. The second-order valence-electron chi connectivity index (χ2n) is 5.58. The third-order valence-electron chi connectivity index (χ3n) is 3.22. The molecule has 114 valence electrons. The van der Waals surface area contributed by atoms with Crippen molar-refractivity contribution in [1.82, 2.24) is 20.6 Å². The first kappa shape index (κ1) is 15.4. The summed E-state index contributed by atoms with van der Waals surface area (Å²) in [6, 6.07) is 8.13. The van der Waals surface area contributed by atoms with Crippen molar-refractivity contribution in [2.75, 3.05) is 20.1 Å². The summed E-state index contributed by atoms with van der Waals surface area (Å²) in [5, 5.41) is 6.63. The molecule has 1 aromatic heterocycles.